The van der Waals surface area contributed by atoms with Crippen molar-refractivity contribution in [2.45, 2.75) is 26.2 Å². The van der Waals surface area contributed by atoms with Crippen molar-refractivity contribution < 1.29 is 0 Å². The molecule has 0 saturated heterocycles. The maximum atomic E-state index is 5.44. The van der Waals surface area contributed by atoms with E-state index >= 15 is 0 Å². The topological polar surface area (TPSA) is 12.0 Å². The van der Waals surface area contributed by atoms with E-state index in [1.807, 2.05) is 6.07 Å². The van der Waals surface area contributed by atoms with Crippen LogP contribution in [0.5, 0.6) is 0 Å². The summed E-state index contributed by atoms with van der Waals surface area (Å²) in [7, 11) is -1.36. The molecule has 104 valence electrons. The maximum Gasteiger partial charge on any atom is 0.112 e. The standard InChI is InChI=1S/C17H21NSSi/c1-20(2,3)17(19)18-13-14-9-11-16(12-10-14)15-7-5-4-6-8-15/h4-12H,13H2,1-3H3,(H,18,19). The minimum Gasteiger partial charge on any atom is -0.379 e. The second-order valence-electron chi connectivity index (χ2n) is 6.00. The van der Waals surface area contributed by atoms with Gasteiger partial charge in [0, 0.05) is 6.54 Å². The van der Waals surface area contributed by atoms with E-state index in [9.17, 15) is 0 Å². The van der Waals surface area contributed by atoms with Gasteiger partial charge in [0.1, 0.15) is 8.07 Å². The summed E-state index contributed by atoms with van der Waals surface area (Å²) >= 11 is 5.44. The zero-order valence-corrected chi connectivity index (χ0v) is 14.1. The largest absolute Gasteiger partial charge is 0.379 e. The Balaban J connectivity index is 2.01. The SMILES string of the molecule is C[Si](C)(C)C(=S)NCc1ccc(-c2ccccc2)cc1. The fraction of sp³-hybridized carbons (Fsp3) is 0.235. The number of hydrogen-bond donors (Lipinski definition) is 1. The highest BCUT2D eigenvalue weighted by atomic mass is 32.1. The van der Waals surface area contributed by atoms with Crippen molar-refractivity contribution in [3.05, 3.63) is 60.2 Å². The molecule has 0 amide bonds. The van der Waals surface area contributed by atoms with E-state index in [1.54, 1.807) is 0 Å². The molecule has 20 heavy (non-hydrogen) atoms. The van der Waals surface area contributed by atoms with Crippen LogP contribution in [0.25, 0.3) is 11.1 Å². The zero-order valence-electron chi connectivity index (χ0n) is 12.3. The molecule has 2 aromatic carbocycles. The third-order valence-corrected chi connectivity index (χ3v) is 6.72. The summed E-state index contributed by atoms with van der Waals surface area (Å²) in [5.74, 6) is 0. The second kappa shape index (κ2) is 6.33. The molecule has 0 aromatic heterocycles. The van der Waals surface area contributed by atoms with Crippen LogP contribution >= 0.6 is 12.2 Å². The fourth-order valence-electron chi connectivity index (χ4n) is 1.89. The van der Waals surface area contributed by atoms with Crippen LogP contribution in [0.15, 0.2) is 54.6 Å². The highest BCUT2D eigenvalue weighted by molar-refractivity contribution is 7.84. The molecular formula is C17H21NSSi. The van der Waals surface area contributed by atoms with Gasteiger partial charge in [-0.05, 0) is 16.7 Å². The van der Waals surface area contributed by atoms with Crippen LogP contribution in [0.3, 0.4) is 0 Å². The van der Waals surface area contributed by atoms with Crippen molar-refractivity contribution >= 4 is 24.9 Å². The number of nitrogens with one attached hydrogen (secondary N) is 1. The summed E-state index contributed by atoms with van der Waals surface area (Å²) in [6, 6.07) is 19.1. The number of rotatable bonds is 4. The molecule has 0 aliphatic rings. The smallest absolute Gasteiger partial charge is 0.112 e. The molecule has 2 aromatic rings. The molecule has 1 nitrogen and oxygen atoms in total. The fourth-order valence-corrected chi connectivity index (χ4v) is 2.58. The molecule has 1 N–H and O–H groups in total. The van der Waals surface area contributed by atoms with Crippen LogP contribution in [0.2, 0.25) is 19.6 Å². The molecule has 0 atom stereocenters. The van der Waals surface area contributed by atoms with E-state index in [1.165, 1.54) is 16.7 Å². The second-order valence-corrected chi connectivity index (χ2v) is 11.8. The van der Waals surface area contributed by atoms with Crippen molar-refractivity contribution in [2.24, 2.45) is 0 Å². The maximum absolute atomic E-state index is 5.44. The summed E-state index contributed by atoms with van der Waals surface area (Å²) < 4.78 is 1.05. The molecule has 0 aliphatic carbocycles. The lowest BCUT2D eigenvalue weighted by Gasteiger charge is -2.19. The Morgan fingerprint density at radius 3 is 2.00 bits per heavy atom. The normalized spacial score (nSPS) is 11.2. The van der Waals surface area contributed by atoms with Crippen molar-refractivity contribution in [1.29, 1.82) is 0 Å². The molecule has 0 aliphatic heterocycles. The van der Waals surface area contributed by atoms with E-state index in [0.717, 1.165) is 11.2 Å². The van der Waals surface area contributed by atoms with Gasteiger partial charge < -0.3 is 5.32 Å². The Hall–Kier alpha value is -1.45. The van der Waals surface area contributed by atoms with Crippen LogP contribution in [0.1, 0.15) is 5.56 Å². The Kier molecular flexibility index (Phi) is 4.73. The molecule has 0 saturated carbocycles. The number of hydrogen-bond acceptors (Lipinski definition) is 1. The predicted molar refractivity (Wildman–Crippen MR) is 94.7 cm³/mol. The lowest BCUT2D eigenvalue weighted by atomic mass is 10.0. The molecule has 0 heterocycles. The first-order valence-electron chi connectivity index (χ1n) is 6.89. The van der Waals surface area contributed by atoms with Gasteiger partial charge in [0.25, 0.3) is 0 Å². The van der Waals surface area contributed by atoms with Gasteiger partial charge in [0.15, 0.2) is 0 Å². The van der Waals surface area contributed by atoms with Gasteiger partial charge in [-0.15, -0.1) is 0 Å². The first-order chi connectivity index (χ1) is 9.47. The summed E-state index contributed by atoms with van der Waals surface area (Å²) in [4.78, 5) is 0. The Bertz CT molecular complexity index is 570. The van der Waals surface area contributed by atoms with Gasteiger partial charge >= 0.3 is 0 Å². The van der Waals surface area contributed by atoms with Crippen LogP contribution in [-0.2, 0) is 6.54 Å². The van der Waals surface area contributed by atoms with Crippen molar-refractivity contribution in [3.8, 4) is 11.1 Å². The highest BCUT2D eigenvalue weighted by Gasteiger charge is 2.19. The summed E-state index contributed by atoms with van der Waals surface area (Å²) in [5, 5.41) is 3.39. The van der Waals surface area contributed by atoms with E-state index in [-0.39, 0.29) is 0 Å². The lowest BCUT2D eigenvalue weighted by molar-refractivity contribution is 0.935. The molecule has 0 fully saturated rings. The third-order valence-electron chi connectivity index (χ3n) is 3.20. The average molecular weight is 300 g/mol. The molecular weight excluding hydrogens is 278 g/mol. The van der Waals surface area contributed by atoms with E-state index in [0.29, 0.717) is 0 Å². The lowest BCUT2D eigenvalue weighted by Crippen LogP contribution is -2.41. The van der Waals surface area contributed by atoms with Gasteiger partial charge in [-0.25, -0.2) is 0 Å². The average Bonchev–Trinajstić information content (AvgIpc) is 2.45. The molecule has 0 unspecified atom stereocenters. The predicted octanol–water partition coefficient (Wildman–Crippen LogP) is 4.65. The van der Waals surface area contributed by atoms with Gasteiger partial charge in [-0.3, -0.25) is 0 Å². The molecule has 3 heteroatoms. The minimum atomic E-state index is -1.36. The van der Waals surface area contributed by atoms with Crippen molar-refractivity contribution in [3.63, 3.8) is 0 Å². The van der Waals surface area contributed by atoms with Gasteiger partial charge in [-0.2, -0.15) is 0 Å². The highest BCUT2D eigenvalue weighted by Crippen LogP contribution is 2.19. The first kappa shape index (κ1) is 14.9. The molecule has 0 spiro atoms. The summed E-state index contributed by atoms with van der Waals surface area (Å²) in [6.45, 7) is 7.61. The minimum absolute atomic E-state index is 0.818. The Morgan fingerprint density at radius 2 is 1.45 bits per heavy atom. The number of thiocarbonyl (C=S) groups is 1. The van der Waals surface area contributed by atoms with Crippen molar-refractivity contribution in [1.82, 2.24) is 5.32 Å². The van der Waals surface area contributed by atoms with Crippen molar-refractivity contribution in [2.75, 3.05) is 0 Å². The third kappa shape index (κ3) is 4.02. The van der Waals surface area contributed by atoms with E-state index in [2.05, 4.69) is 73.5 Å². The Labute approximate surface area is 128 Å². The summed E-state index contributed by atoms with van der Waals surface area (Å²) in [5.41, 5.74) is 3.78. The van der Waals surface area contributed by atoms with Crippen LogP contribution < -0.4 is 5.32 Å². The Morgan fingerprint density at radius 1 is 0.900 bits per heavy atom. The van der Waals surface area contributed by atoms with Gasteiger partial charge in [0.05, 0.1) is 4.61 Å². The van der Waals surface area contributed by atoms with Crippen LogP contribution in [-0.4, -0.2) is 12.7 Å². The monoisotopic (exact) mass is 299 g/mol. The van der Waals surface area contributed by atoms with Crippen LogP contribution in [0, 0.1) is 0 Å². The summed E-state index contributed by atoms with van der Waals surface area (Å²) in [6.07, 6.45) is 0. The molecule has 0 bridgehead atoms. The molecule has 2 rings (SSSR count). The van der Waals surface area contributed by atoms with E-state index in [4.69, 9.17) is 12.2 Å². The first-order valence-corrected chi connectivity index (χ1v) is 10.8. The van der Waals surface area contributed by atoms with Gasteiger partial charge in [0.2, 0.25) is 0 Å². The molecule has 0 radical (unpaired) electrons. The zero-order chi connectivity index (χ0) is 14.6. The number of benzene rings is 2. The van der Waals surface area contributed by atoms with Gasteiger partial charge in [-0.1, -0.05) is 86.5 Å². The quantitative estimate of drug-likeness (QED) is 0.651. The van der Waals surface area contributed by atoms with E-state index < -0.39 is 8.07 Å². The van der Waals surface area contributed by atoms with Crippen LogP contribution in [0.4, 0.5) is 0 Å².